The molecule has 2 amide bonds. The van der Waals surface area contributed by atoms with Crippen molar-refractivity contribution < 1.29 is 34.6 Å². The Labute approximate surface area is 191 Å². The number of aromatic hydroxyl groups is 1. The second-order valence-corrected chi connectivity index (χ2v) is 9.25. The molecule has 1 aliphatic carbocycles. The first-order valence-electron chi connectivity index (χ1n) is 11.3. The van der Waals surface area contributed by atoms with Gasteiger partial charge < -0.3 is 25.0 Å². The minimum Gasteiger partial charge on any atom is -0.508 e. The Morgan fingerprint density at radius 1 is 1.09 bits per heavy atom. The number of ether oxygens (including phenoxy) is 1. The molecule has 2 aliphatic heterocycles. The van der Waals surface area contributed by atoms with E-state index >= 15 is 0 Å². The van der Waals surface area contributed by atoms with Crippen LogP contribution in [0, 0.1) is 23.7 Å². The number of hydrogen-bond donors (Lipinski definition) is 4. The van der Waals surface area contributed by atoms with Crippen molar-refractivity contribution in [2.24, 2.45) is 23.7 Å². The number of carbonyl (C=O) groups is 2. The number of benzene rings is 2. The molecular formula is C24H26BNO7. The third-order valence-corrected chi connectivity index (χ3v) is 7.53. The van der Waals surface area contributed by atoms with Crippen LogP contribution >= 0.6 is 0 Å². The quantitative estimate of drug-likeness (QED) is 0.405. The fourth-order valence-corrected chi connectivity index (χ4v) is 5.96. The summed E-state index contributed by atoms with van der Waals surface area (Å²) in [5.74, 6) is -4.44. The summed E-state index contributed by atoms with van der Waals surface area (Å²) < 4.78 is 6.18. The van der Waals surface area contributed by atoms with E-state index in [1.165, 1.54) is 12.1 Å². The fraction of sp³-hybridized carbons (Fsp3) is 0.417. The number of carbonyl (C=O) groups excluding carboxylic acids is 2. The number of aliphatic hydroxyl groups is 1. The molecule has 0 spiro atoms. The molecule has 33 heavy (non-hydrogen) atoms. The van der Waals surface area contributed by atoms with Crippen molar-refractivity contribution in [3.63, 3.8) is 0 Å². The van der Waals surface area contributed by atoms with Crippen molar-refractivity contribution in [3.05, 3.63) is 54.1 Å². The number of imide groups is 1. The molecule has 4 N–H and O–H groups in total. The molecule has 2 aromatic carbocycles. The fourth-order valence-electron chi connectivity index (χ4n) is 5.96. The van der Waals surface area contributed by atoms with Crippen LogP contribution < -0.4 is 10.4 Å². The summed E-state index contributed by atoms with van der Waals surface area (Å²) in [5, 5.41) is 40.6. The molecule has 9 heteroatoms. The van der Waals surface area contributed by atoms with Gasteiger partial charge in [-0.1, -0.05) is 31.2 Å². The van der Waals surface area contributed by atoms with Crippen LogP contribution in [-0.4, -0.2) is 45.0 Å². The first-order chi connectivity index (χ1) is 15.7. The molecule has 1 saturated carbocycles. The van der Waals surface area contributed by atoms with Gasteiger partial charge in [-0.15, -0.1) is 0 Å². The van der Waals surface area contributed by atoms with Crippen molar-refractivity contribution in [2.75, 3.05) is 4.90 Å². The summed E-state index contributed by atoms with van der Waals surface area (Å²) in [6.07, 6.45) is 0.741. The van der Waals surface area contributed by atoms with Crippen LogP contribution in [0.1, 0.15) is 37.9 Å². The zero-order valence-electron chi connectivity index (χ0n) is 18.2. The van der Waals surface area contributed by atoms with E-state index < -0.39 is 42.7 Å². The Balaban J connectivity index is 1.52. The number of phenols is 1. The van der Waals surface area contributed by atoms with Gasteiger partial charge in [0, 0.05) is 11.8 Å². The van der Waals surface area contributed by atoms with Gasteiger partial charge in [-0.25, -0.2) is 0 Å². The zero-order chi connectivity index (χ0) is 23.5. The summed E-state index contributed by atoms with van der Waals surface area (Å²) in [6.45, 7) is 1.93. The van der Waals surface area contributed by atoms with Crippen LogP contribution in [0.15, 0.2) is 48.5 Å². The average molecular weight is 451 g/mol. The lowest BCUT2D eigenvalue weighted by atomic mass is 9.64. The topological polar surface area (TPSA) is 128 Å². The van der Waals surface area contributed by atoms with Crippen LogP contribution in [0.3, 0.4) is 0 Å². The smallest absolute Gasteiger partial charge is 0.488 e. The second-order valence-electron chi connectivity index (χ2n) is 9.25. The molecule has 2 saturated heterocycles. The van der Waals surface area contributed by atoms with Gasteiger partial charge in [0.1, 0.15) is 5.75 Å². The predicted octanol–water partition coefficient (Wildman–Crippen LogP) is 1.07. The largest absolute Gasteiger partial charge is 0.508 e. The maximum absolute atomic E-state index is 13.6. The average Bonchev–Trinajstić information content (AvgIpc) is 3.27. The Kier molecular flexibility index (Phi) is 5.32. The van der Waals surface area contributed by atoms with E-state index in [9.17, 15) is 29.9 Å². The van der Waals surface area contributed by atoms with Crippen molar-refractivity contribution in [2.45, 2.75) is 38.1 Å². The van der Waals surface area contributed by atoms with Gasteiger partial charge in [0.05, 0.1) is 23.6 Å². The highest BCUT2D eigenvalue weighted by molar-refractivity contribution is 6.58. The van der Waals surface area contributed by atoms with Gasteiger partial charge in [0.2, 0.25) is 11.8 Å². The van der Waals surface area contributed by atoms with Crippen molar-refractivity contribution in [1.82, 2.24) is 0 Å². The van der Waals surface area contributed by atoms with Gasteiger partial charge in [0.25, 0.3) is 0 Å². The number of phenolic OH excluding ortho intramolecular Hbond substituents is 1. The van der Waals surface area contributed by atoms with Crippen LogP contribution in [-0.2, 0) is 14.3 Å². The highest BCUT2D eigenvalue weighted by Crippen LogP contribution is 2.59. The van der Waals surface area contributed by atoms with E-state index in [-0.39, 0.29) is 28.7 Å². The maximum Gasteiger partial charge on any atom is 0.488 e. The molecule has 2 heterocycles. The Morgan fingerprint density at radius 2 is 1.85 bits per heavy atom. The highest BCUT2D eigenvalue weighted by Gasteiger charge is 2.66. The van der Waals surface area contributed by atoms with Crippen LogP contribution in [0.25, 0.3) is 0 Å². The predicted molar refractivity (Wildman–Crippen MR) is 119 cm³/mol. The van der Waals surface area contributed by atoms with E-state index in [2.05, 4.69) is 0 Å². The molecule has 0 bridgehead atoms. The minimum absolute atomic E-state index is 0.0899. The Morgan fingerprint density at radius 3 is 2.55 bits per heavy atom. The van der Waals surface area contributed by atoms with Gasteiger partial charge in [-0.2, -0.15) is 0 Å². The van der Waals surface area contributed by atoms with Gasteiger partial charge in [-0.3, -0.25) is 14.5 Å². The number of nitrogens with zero attached hydrogens (tertiary/aromatic N) is 1. The highest BCUT2D eigenvalue weighted by atomic mass is 16.6. The van der Waals surface area contributed by atoms with E-state index in [4.69, 9.17) is 4.74 Å². The number of amides is 2. The molecule has 172 valence electrons. The van der Waals surface area contributed by atoms with Gasteiger partial charge in [0.15, 0.2) is 5.79 Å². The first kappa shape index (κ1) is 22.1. The summed E-state index contributed by atoms with van der Waals surface area (Å²) in [5.41, 5.74) is 1.17. The van der Waals surface area contributed by atoms with E-state index in [0.717, 1.165) is 4.90 Å². The summed E-state index contributed by atoms with van der Waals surface area (Å²) in [4.78, 5) is 28.1. The molecule has 5 rings (SSSR count). The van der Waals surface area contributed by atoms with E-state index in [1.807, 2.05) is 13.0 Å². The molecule has 2 aromatic rings. The van der Waals surface area contributed by atoms with Gasteiger partial charge >= 0.3 is 7.12 Å². The van der Waals surface area contributed by atoms with E-state index in [0.29, 0.717) is 24.8 Å². The zero-order valence-corrected chi connectivity index (χ0v) is 18.2. The number of fused-ring (bicyclic) bond motifs is 3. The normalized spacial score (nSPS) is 33.2. The molecule has 0 radical (unpaired) electrons. The SMILES string of the molecule is CC[C@H]1C[C@@H]2C(=O)N(c3cccc(B(O)O)c3)C(=O)[C@@H]2[C@@H]2C[C@@H](c3cccc(O)c3)O[C@]12O. The van der Waals surface area contributed by atoms with Crippen LogP contribution in [0.2, 0.25) is 0 Å². The standard InChI is InChI=1S/C24H26BNO7/c1-2-14-10-18-21(19-12-20(33-24(14,19)30)13-5-3-8-17(27)9-13)23(29)26(22(18)28)16-7-4-6-15(11-16)25(31)32/h3-9,11,14,18-21,27,30-32H,2,10,12H2,1H3/t14-,18-,19-,20-,21-,24+/m0/s1. The third kappa shape index (κ3) is 3.38. The van der Waals surface area contributed by atoms with Crippen molar-refractivity contribution in [1.29, 1.82) is 0 Å². The molecular weight excluding hydrogens is 425 g/mol. The summed E-state index contributed by atoms with van der Waals surface area (Å²) >= 11 is 0. The van der Waals surface area contributed by atoms with Gasteiger partial charge in [-0.05, 0) is 54.6 Å². The number of rotatable bonds is 4. The molecule has 6 atom stereocenters. The lowest BCUT2D eigenvalue weighted by Crippen LogP contribution is -2.53. The monoisotopic (exact) mass is 451 g/mol. The summed E-state index contributed by atoms with van der Waals surface area (Å²) in [6, 6.07) is 12.7. The van der Waals surface area contributed by atoms with Crippen molar-refractivity contribution >= 4 is 30.1 Å². The lowest BCUT2D eigenvalue weighted by Gasteiger charge is -2.44. The lowest BCUT2D eigenvalue weighted by molar-refractivity contribution is -0.269. The summed E-state index contributed by atoms with van der Waals surface area (Å²) in [7, 11) is -1.72. The van der Waals surface area contributed by atoms with Crippen LogP contribution in [0.5, 0.6) is 5.75 Å². The molecule has 3 fully saturated rings. The third-order valence-electron chi connectivity index (χ3n) is 7.53. The first-order valence-corrected chi connectivity index (χ1v) is 11.3. The second kappa shape index (κ2) is 7.95. The molecule has 0 unspecified atom stereocenters. The number of anilines is 1. The maximum atomic E-state index is 13.6. The van der Waals surface area contributed by atoms with E-state index in [1.54, 1.807) is 30.3 Å². The molecule has 8 nitrogen and oxygen atoms in total. The molecule has 3 aliphatic rings. The number of hydrogen-bond acceptors (Lipinski definition) is 7. The Hall–Kier alpha value is -2.72. The van der Waals surface area contributed by atoms with Crippen LogP contribution in [0.4, 0.5) is 5.69 Å². The van der Waals surface area contributed by atoms with Crippen molar-refractivity contribution in [3.8, 4) is 5.75 Å². The molecule has 0 aromatic heterocycles. The minimum atomic E-state index is -1.72. The Bertz CT molecular complexity index is 1110.